The minimum atomic E-state index is -0.947. The first-order valence-corrected chi connectivity index (χ1v) is 10.0. The van der Waals surface area contributed by atoms with Crippen molar-refractivity contribution >= 4 is 12.0 Å². The number of benzene rings is 1. The molecule has 28 heavy (non-hydrogen) atoms. The molecular formula is C21H26N4O3. The molecule has 4 rings (SSSR count). The average Bonchev–Trinajstić information content (AvgIpc) is 3.16. The van der Waals surface area contributed by atoms with Crippen LogP contribution in [0.5, 0.6) is 0 Å². The molecule has 0 radical (unpaired) electrons. The smallest absolute Gasteiger partial charge is 0.335 e. The van der Waals surface area contributed by atoms with Gasteiger partial charge in [-0.1, -0.05) is 12.1 Å². The van der Waals surface area contributed by atoms with Gasteiger partial charge < -0.3 is 19.9 Å². The molecule has 1 fully saturated rings. The number of carboxylic acid groups (broad SMARTS) is 1. The number of carbonyl (C=O) groups is 2. The van der Waals surface area contributed by atoms with Crippen LogP contribution in [0.25, 0.3) is 0 Å². The molecule has 2 amide bonds. The first-order chi connectivity index (χ1) is 13.6. The molecule has 0 aliphatic carbocycles. The van der Waals surface area contributed by atoms with Gasteiger partial charge in [0.05, 0.1) is 5.56 Å². The molecule has 0 unspecified atom stereocenters. The van der Waals surface area contributed by atoms with Crippen LogP contribution in [0.3, 0.4) is 0 Å². The summed E-state index contributed by atoms with van der Waals surface area (Å²) in [5.41, 5.74) is 2.49. The minimum absolute atomic E-state index is 0.0640. The Bertz CT molecular complexity index is 851. The fourth-order valence-electron chi connectivity index (χ4n) is 4.18. The number of amides is 2. The van der Waals surface area contributed by atoms with Crippen molar-refractivity contribution in [3.8, 4) is 0 Å². The van der Waals surface area contributed by atoms with Crippen molar-refractivity contribution < 1.29 is 14.7 Å². The van der Waals surface area contributed by atoms with E-state index in [1.165, 1.54) is 24.4 Å². The number of carboxylic acids is 1. The lowest BCUT2D eigenvalue weighted by Crippen LogP contribution is -2.44. The summed E-state index contributed by atoms with van der Waals surface area (Å²) in [6, 6.07) is 6.52. The Kier molecular flexibility index (Phi) is 5.32. The van der Waals surface area contributed by atoms with Gasteiger partial charge in [0.1, 0.15) is 5.82 Å². The molecule has 2 aromatic rings. The normalized spacial score (nSPS) is 17.2. The lowest BCUT2D eigenvalue weighted by Gasteiger charge is -2.32. The Morgan fingerprint density at radius 3 is 2.57 bits per heavy atom. The number of hydrogen-bond donors (Lipinski definition) is 2. The molecule has 1 saturated heterocycles. The topological polar surface area (TPSA) is 87.5 Å². The molecule has 2 N–H and O–H groups in total. The zero-order chi connectivity index (χ0) is 19.5. The summed E-state index contributed by atoms with van der Waals surface area (Å²) in [6.45, 7) is 2.94. The van der Waals surface area contributed by atoms with Crippen molar-refractivity contribution in [2.45, 2.75) is 51.1 Å². The van der Waals surface area contributed by atoms with Crippen LogP contribution in [0.4, 0.5) is 4.79 Å². The maximum atomic E-state index is 12.5. The van der Waals surface area contributed by atoms with E-state index in [1.54, 1.807) is 24.3 Å². The molecule has 0 bridgehead atoms. The lowest BCUT2D eigenvalue weighted by molar-refractivity contribution is 0.0697. The van der Waals surface area contributed by atoms with E-state index < -0.39 is 5.97 Å². The molecule has 1 aromatic heterocycles. The van der Waals surface area contributed by atoms with Gasteiger partial charge in [-0.2, -0.15) is 0 Å². The zero-order valence-corrected chi connectivity index (χ0v) is 15.9. The largest absolute Gasteiger partial charge is 0.478 e. The molecule has 1 aromatic carbocycles. The number of nitrogens with one attached hydrogen (secondary N) is 1. The van der Waals surface area contributed by atoms with Crippen LogP contribution in [0.2, 0.25) is 0 Å². The fourth-order valence-corrected chi connectivity index (χ4v) is 4.18. The molecule has 148 valence electrons. The SMILES string of the molecule is O=C(O)c1ccc(CNC(=O)N2CCC(c3ncc4n3CCCC4)CC2)cc1. The van der Waals surface area contributed by atoms with Gasteiger partial charge in [0.2, 0.25) is 0 Å². The van der Waals surface area contributed by atoms with Crippen molar-refractivity contribution in [2.75, 3.05) is 13.1 Å². The van der Waals surface area contributed by atoms with E-state index in [9.17, 15) is 9.59 Å². The summed E-state index contributed by atoms with van der Waals surface area (Å²) >= 11 is 0. The first kappa shape index (κ1) is 18.5. The highest BCUT2D eigenvalue weighted by Gasteiger charge is 2.27. The maximum absolute atomic E-state index is 12.5. The van der Waals surface area contributed by atoms with Crippen molar-refractivity contribution in [1.82, 2.24) is 19.8 Å². The van der Waals surface area contributed by atoms with E-state index in [1.807, 2.05) is 11.1 Å². The Balaban J connectivity index is 1.28. The number of aromatic carboxylic acids is 1. The van der Waals surface area contributed by atoms with Crippen LogP contribution >= 0.6 is 0 Å². The van der Waals surface area contributed by atoms with Crippen LogP contribution in [-0.2, 0) is 19.5 Å². The van der Waals surface area contributed by atoms with Crippen LogP contribution < -0.4 is 5.32 Å². The standard InChI is InChI=1S/C21H26N4O3/c26-20(27)17-6-4-15(5-7-17)13-23-21(28)24-11-8-16(9-12-24)19-22-14-18-3-1-2-10-25(18)19/h4-7,14,16H,1-3,8-13H2,(H,23,28)(H,26,27). The predicted molar refractivity (Wildman–Crippen MR) is 104 cm³/mol. The van der Waals surface area contributed by atoms with Gasteiger partial charge in [-0.3, -0.25) is 0 Å². The van der Waals surface area contributed by atoms with Gasteiger partial charge in [0, 0.05) is 44.0 Å². The number of rotatable bonds is 4. The number of piperidine rings is 1. The molecule has 2 aliphatic heterocycles. The van der Waals surface area contributed by atoms with Crippen molar-refractivity contribution in [2.24, 2.45) is 0 Å². The van der Waals surface area contributed by atoms with E-state index in [2.05, 4.69) is 14.9 Å². The van der Waals surface area contributed by atoms with E-state index in [-0.39, 0.29) is 11.6 Å². The second kappa shape index (κ2) is 8.04. The Morgan fingerprint density at radius 1 is 1.11 bits per heavy atom. The first-order valence-electron chi connectivity index (χ1n) is 10.0. The van der Waals surface area contributed by atoms with Gasteiger partial charge in [-0.15, -0.1) is 0 Å². The van der Waals surface area contributed by atoms with Gasteiger partial charge >= 0.3 is 12.0 Å². The average molecular weight is 382 g/mol. The van der Waals surface area contributed by atoms with Crippen molar-refractivity contribution in [3.05, 3.63) is 53.1 Å². The summed E-state index contributed by atoms with van der Waals surface area (Å²) in [6.07, 6.45) is 7.52. The number of aromatic nitrogens is 2. The summed E-state index contributed by atoms with van der Waals surface area (Å²) in [4.78, 5) is 29.9. The van der Waals surface area contributed by atoms with Crippen molar-refractivity contribution in [1.29, 1.82) is 0 Å². The summed E-state index contributed by atoms with van der Waals surface area (Å²) < 4.78 is 2.39. The third-order valence-electron chi connectivity index (χ3n) is 5.83. The molecular weight excluding hydrogens is 356 g/mol. The zero-order valence-electron chi connectivity index (χ0n) is 15.9. The predicted octanol–water partition coefficient (Wildman–Crippen LogP) is 3.01. The highest BCUT2D eigenvalue weighted by atomic mass is 16.4. The maximum Gasteiger partial charge on any atom is 0.335 e. The van der Waals surface area contributed by atoms with Crippen molar-refractivity contribution in [3.63, 3.8) is 0 Å². The van der Waals surface area contributed by atoms with Gasteiger partial charge in [0.15, 0.2) is 0 Å². The van der Waals surface area contributed by atoms with Gasteiger partial charge in [-0.05, 0) is 49.8 Å². The molecule has 3 heterocycles. The number of urea groups is 1. The van der Waals surface area contributed by atoms with Crippen LogP contribution in [0, 0.1) is 0 Å². The van der Waals surface area contributed by atoms with Crippen LogP contribution in [-0.4, -0.2) is 44.6 Å². The number of nitrogens with zero attached hydrogens (tertiary/aromatic N) is 3. The summed E-state index contributed by atoms with van der Waals surface area (Å²) in [5, 5.41) is 11.9. The van der Waals surface area contributed by atoms with E-state index in [4.69, 9.17) is 5.11 Å². The minimum Gasteiger partial charge on any atom is -0.478 e. The molecule has 2 aliphatic rings. The molecule has 7 nitrogen and oxygen atoms in total. The van der Waals surface area contributed by atoms with Gasteiger partial charge in [0.25, 0.3) is 0 Å². The molecule has 7 heteroatoms. The highest BCUT2D eigenvalue weighted by molar-refractivity contribution is 5.87. The third kappa shape index (κ3) is 3.88. The lowest BCUT2D eigenvalue weighted by atomic mass is 9.95. The number of likely N-dealkylation sites (tertiary alicyclic amines) is 1. The quantitative estimate of drug-likeness (QED) is 0.851. The second-order valence-corrected chi connectivity index (χ2v) is 7.64. The number of fused-ring (bicyclic) bond motifs is 1. The molecule has 0 saturated carbocycles. The summed E-state index contributed by atoms with van der Waals surface area (Å²) in [7, 11) is 0. The number of hydrogen-bond acceptors (Lipinski definition) is 3. The van der Waals surface area contributed by atoms with Crippen LogP contribution in [0.15, 0.2) is 30.5 Å². The Hall–Kier alpha value is -2.83. The molecule has 0 atom stereocenters. The van der Waals surface area contributed by atoms with Gasteiger partial charge in [-0.25, -0.2) is 14.6 Å². The number of imidazole rings is 1. The highest BCUT2D eigenvalue weighted by Crippen LogP contribution is 2.30. The van der Waals surface area contributed by atoms with E-state index in [0.717, 1.165) is 44.5 Å². The van der Waals surface area contributed by atoms with Crippen LogP contribution in [0.1, 0.15) is 59.0 Å². The van der Waals surface area contributed by atoms with E-state index >= 15 is 0 Å². The number of aryl methyl sites for hydroxylation is 1. The fraction of sp³-hybridized carbons (Fsp3) is 0.476. The van der Waals surface area contributed by atoms with E-state index in [0.29, 0.717) is 12.5 Å². The Labute approximate surface area is 164 Å². The third-order valence-corrected chi connectivity index (χ3v) is 5.83. The monoisotopic (exact) mass is 382 g/mol. The second-order valence-electron chi connectivity index (χ2n) is 7.64. The summed E-state index contributed by atoms with van der Waals surface area (Å²) in [5.74, 6) is 0.685. The Morgan fingerprint density at radius 2 is 1.86 bits per heavy atom. The molecule has 0 spiro atoms. The number of carbonyl (C=O) groups excluding carboxylic acids is 1.